The van der Waals surface area contributed by atoms with Crippen LogP contribution in [0, 0.1) is 15.5 Å². The number of nitro benzene ring substituents is 1. The van der Waals surface area contributed by atoms with Crippen LogP contribution in [0.1, 0.15) is 31.7 Å². The Balaban J connectivity index is 1.54. The first-order valence-electron chi connectivity index (χ1n) is 10.8. The van der Waals surface area contributed by atoms with E-state index in [-0.39, 0.29) is 27.8 Å². The van der Waals surface area contributed by atoms with E-state index >= 15 is 0 Å². The summed E-state index contributed by atoms with van der Waals surface area (Å²) in [4.78, 5) is 42.8. The van der Waals surface area contributed by atoms with Crippen molar-refractivity contribution in [2.75, 3.05) is 44.2 Å². The number of alkyl halides is 3. The third kappa shape index (κ3) is 4.85. The first-order valence-corrected chi connectivity index (χ1v) is 11.7. The number of halogens is 3. The van der Waals surface area contributed by atoms with Crippen molar-refractivity contribution in [2.45, 2.75) is 32.4 Å². The average Bonchev–Trinajstić information content (AvgIpc) is 3.14. The summed E-state index contributed by atoms with van der Waals surface area (Å²) >= 11 is 0.861. The molecule has 2 fully saturated rings. The van der Waals surface area contributed by atoms with E-state index in [1.54, 1.807) is 6.92 Å². The van der Waals surface area contributed by atoms with E-state index in [1.165, 1.54) is 0 Å². The zero-order valence-electron chi connectivity index (χ0n) is 18.4. The molecule has 0 N–H and O–H groups in total. The second-order valence-corrected chi connectivity index (χ2v) is 9.66. The molecule has 2 aliphatic heterocycles. The second kappa shape index (κ2) is 9.10. The fourth-order valence-electron chi connectivity index (χ4n) is 4.71. The highest BCUT2D eigenvalue weighted by Crippen LogP contribution is 2.43. The number of benzene rings is 1. The summed E-state index contributed by atoms with van der Waals surface area (Å²) in [6.45, 7) is 4.99. The molecule has 0 saturated carbocycles. The molecule has 0 amide bonds. The van der Waals surface area contributed by atoms with Crippen LogP contribution in [0.3, 0.4) is 0 Å². The molecule has 13 heteroatoms. The third-order valence-corrected chi connectivity index (χ3v) is 7.65. The van der Waals surface area contributed by atoms with Crippen LogP contribution in [0.5, 0.6) is 0 Å². The first kappa shape index (κ1) is 24.3. The van der Waals surface area contributed by atoms with Gasteiger partial charge in [-0.15, -0.1) is 0 Å². The summed E-state index contributed by atoms with van der Waals surface area (Å²) in [6.07, 6.45) is -2.34. The molecule has 1 aromatic carbocycles. The van der Waals surface area contributed by atoms with Gasteiger partial charge in [-0.2, -0.15) is 18.2 Å². The van der Waals surface area contributed by atoms with E-state index < -0.39 is 33.3 Å². The van der Waals surface area contributed by atoms with Crippen LogP contribution in [0.25, 0.3) is 10.1 Å². The van der Waals surface area contributed by atoms with Crippen LogP contribution < -0.4 is 10.5 Å². The summed E-state index contributed by atoms with van der Waals surface area (Å²) in [5.74, 6) is -0.252. The molecule has 184 valence electrons. The molecule has 34 heavy (non-hydrogen) atoms. The number of nitro groups is 1. The Kier molecular flexibility index (Phi) is 6.51. The van der Waals surface area contributed by atoms with Gasteiger partial charge >= 0.3 is 12.1 Å². The second-order valence-electron chi connectivity index (χ2n) is 8.68. The van der Waals surface area contributed by atoms with Gasteiger partial charge in [0, 0.05) is 25.7 Å². The van der Waals surface area contributed by atoms with Gasteiger partial charge in [-0.05, 0) is 44.2 Å². The molecule has 2 aliphatic rings. The summed E-state index contributed by atoms with van der Waals surface area (Å²) in [7, 11) is 0. The predicted molar refractivity (Wildman–Crippen MR) is 119 cm³/mol. The van der Waals surface area contributed by atoms with Gasteiger partial charge in [-0.1, -0.05) is 11.3 Å². The summed E-state index contributed by atoms with van der Waals surface area (Å²) in [5.41, 5.74) is -2.90. The largest absolute Gasteiger partial charge is 0.465 e. The van der Waals surface area contributed by atoms with Crippen LogP contribution in [0.4, 0.5) is 24.0 Å². The number of aromatic nitrogens is 1. The number of carbonyl (C=O) groups is 1. The van der Waals surface area contributed by atoms with E-state index in [1.807, 2.05) is 4.90 Å². The Morgan fingerprint density at radius 1 is 1.26 bits per heavy atom. The Morgan fingerprint density at radius 2 is 1.94 bits per heavy atom. The lowest BCUT2D eigenvalue weighted by Gasteiger charge is -2.39. The van der Waals surface area contributed by atoms with Crippen LogP contribution in [-0.4, -0.2) is 60.1 Å². The number of anilines is 1. The molecule has 1 spiro atoms. The molecule has 4 rings (SSSR count). The molecular formula is C21H23F3N4O5S. The number of esters is 1. The molecule has 1 aromatic heterocycles. The van der Waals surface area contributed by atoms with Gasteiger partial charge in [0.05, 0.1) is 29.0 Å². The molecule has 0 atom stereocenters. The highest BCUT2D eigenvalue weighted by atomic mass is 32.1. The Labute approximate surface area is 196 Å². The minimum absolute atomic E-state index is 0.0262. The molecule has 3 heterocycles. The number of non-ortho nitro benzene ring substituents is 1. The van der Waals surface area contributed by atoms with Gasteiger partial charge in [0.1, 0.15) is 4.70 Å². The normalized spacial score (nSPS) is 18.5. The summed E-state index contributed by atoms with van der Waals surface area (Å²) in [5, 5.41) is 11.3. The highest BCUT2D eigenvalue weighted by molar-refractivity contribution is 7.22. The smallest absolute Gasteiger partial charge is 0.416 e. The zero-order chi connectivity index (χ0) is 24.7. The predicted octanol–water partition coefficient (Wildman–Crippen LogP) is 3.44. The molecule has 0 radical (unpaired) electrons. The first-order chi connectivity index (χ1) is 16.0. The number of rotatable bonds is 5. The summed E-state index contributed by atoms with van der Waals surface area (Å²) in [6, 6.07) is 1.09. The third-order valence-electron chi connectivity index (χ3n) is 6.48. The van der Waals surface area contributed by atoms with Crippen molar-refractivity contribution in [3.8, 4) is 0 Å². The zero-order valence-corrected chi connectivity index (χ0v) is 19.2. The maximum atomic E-state index is 13.2. The summed E-state index contributed by atoms with van der Waals surface area (Å²) < 4.78 is 44.4. The van der Waals surface area contributed by atoms with Crippen molar-refractivity contribution >= 4 is 38.2 Å². The van der Waals surface area contributed by atoms with Crippen LogP contribution in [0.2, 0.25) is 0 Å². The molecule has 0 aliphatic carbocycles. The van der Waals surface area contributed by atoms with Crippen molar-refractivity contribution < 1.29 is 27.6 Å². The minimum Gasteiger partial charge on any atom is -0.465 e. The van der Waals surface area contributed by atoms with E-state index in [2.05, 4.69) is 9.88 Å². The van der Waals surface area contributed by atoms with Gasteiger partial charge in [0.25, 0.3) is 11.2 Å². The van der Waals surface area contributed by atoms with E-state index in [0.717, 1.165) is 43.7 Å². The lowest BCUT2D eigenvalue weighted by Crippen LogP contribution is -2.42. The van der Waals surface area contributed by atoms with Gasteiger partial charge in [0.15, 0.2) is 5.13 Å². The molecule has 2 aromatic rings. The Hall–Kier alpha value is -2.80. The highest BCUT2D eigenvalue weighted by Gasteiger charge is 2.41. The lowest BCUT2D eigenvalue weighted by atomic mass is 9.78. The number of piperidine rings is 1. The molecular weight excluding hydrogens is 477 g/mol. The topological polar surface area (TPSA) is 106 Å². The number of carbonyl (C=O) groups excluding carboxylic acids is 1. The molecule has 0 bridgehead atoms. The number of fused-ring (bicyclic) bond motifs is 1. The van der Waals surface area contributed by atoms with Crippen molar-refractivity contribution in [1.29, 1.82) is 0 Å². The monoisotopic (exact) mass is 500 g/mol. The number of hydrogen-bond acceptors (Lipinski definition) is 9. The average molecular weight is 500 g/mol. The van der Waals surface area contributed by atoms with Crippen molar-refractivity contribution in [1.82, 2.24) is 9.88 Å². The van der Waals surface area contributed by atoms with Gasteiger partial charge < -0.3 is 9.64 Å². The maximum absolute atomic E-state index is 13.2. The number of nitrogens with zero attached hydrogens (tertiary/aromatic N) is 4. The quantitative estimate of drug-likeness (QED) is 0.349. The number of ether oxygens (including phenoxy) is 1. The number of likely N-dealkylation sites (tertiary alicyclic amines) is 1. The fraction of sp³-hybridized carbons (Fsp3) is 0.571. The SMILES string of the molecule is CCOC(=O)CN1CCC2(CCN(c3nc(=O)c4cc(C(F)(F)F)cc([N+](=O)[O-])c4s3)CC2)C1. The number of hydrogen-bond donors (Lipinski definition) is 0. The van der Waals surface area contributed by atoms with Crippen LogP contribution in [-0.2, 0) is 15.7 Å². The van der Waals surface area contributed by atoms with Crippen molar-refractivity contribution in [3.63, 3.8) is 0 Å². The Bertz CT molecular complexity index is 1180. The minimum atomic E-state index is -4.82. The van der Waals surface area contributed by atoms with E-state index in [4.69, 9.17) is 4.74 Å². The van der Waals surface area contributed by atoms with Crippen molar-refractivity contribution in [2.24, 2.45) is 5.41 Å². The van der Waals surface area contributed by atoms with E-state index in [0.29, 0.717) is 31.8 Å². The molecule has 9 nitrogen and oxygen atoms in total. The van der Waals surface area contributed by atoms with E-state index in [9.17, 15) is 32.9 Å². The van der Waals surface area contributed by atoms with Gasteiger partial charge in [0.2, 0.25) is 0 Å². The lowest BCUT2D eigenvalue weighted by molar-refractivity contribution is -0.383. The van der Waals surface area contributed by atoms with Crippen LogP contribution >= 0.6 is 11.3 Å². The standard InChI is InChI=1S/C21H23F3N4O5S/c1-2-33-16(29)11-26-6-3-20(12-26)4-7-27(8-5-20)19-25-18(30)14-9-13(21(22,23)24)10-15(28(31)32)17(14)34-19/h9-10H,2-8,11-12H2,1H3. The van der Waals surface area contributed by atoms with Gasteiger partial charge in [-0.25, -0.2) is 0 Å². The maximum Gasteiger partial charge on any atom is 0.416 e. The van der Waals surface area contributed by atoms with Gasteiger partial charge in [-0.3, -0.25) is 24.6 Å². The Morgan fingerprint density at radius 3 is 2.56 bits per heavy atom. The fourth-order valence-corrected chi connectivity index (χ4v) is 5.82. The molecule has 0 unspecified atom stereocenters. The molecule has 2 saturated heterocycles. The van der Waals surface area contributed by atoms with Crippen molar-refractivity contribution in [3.05, 3.63) is 38.2 Å². The van der Waals surface area contributed by atoms with Crippen LogP contribution in [0.15, 0.2) is 16.9 Å².